The predicted octanol–water partition coefficient (Wildman–Crippen LogP) is 2.30. The van der Waals surface area contributed by atoms with Gasteiger partial charge in [0, 0.05) is 12.0 Å². The molecule has 0 amide bonds. The van der Waals surface area contributed by atoms with Crippen LogP contribution >= 0.6 is 0 Å². The van der Waals surface area contributed by atoms with Crippen LogP contribution in [-0.2, 0) is 0 Å². The molecule has 82 valence electrons. The van der Waals surface area contributed by atoms with Crippen LogP contribution in [-0.4, -0.2) is 12.3 Å². The Morgan fingerprint density at radius 1 is 1.53 bits per heavy atom. The summed E-state index contributed by atoms with van der Waals surface area (Å²) in [7, 11) is 0. The molecule has 15 heavy (non-hydrogen) atoms. The molecule has 2 nitrogen and oxygen atoms in total. The van der Waals surface area contributed by atoms with Gasteiger partial charge >= 0.3 is 0 Å². The number of benzene rings is 1. The SMILES string of the molecule is Cc1cc(C(=O)CC(C)CN)ccc1F. The molecular formula is C12H16FNO. The predicted molar refractivity (Wildman–Crippen MR) is 58.3 cm³/mol. The third-order valence-corrected chi connectivity index (χ3v) is 2.42. The second-order valence-electron chi connectivity index (χ2n) is 3.93. The van der Waals surface area contributed by atoms with E-state index in [1.54, 1.807) is 13.0 Å². The number of hydrogen-bond acceptors (Lipinski definition) is 2. The highest BCUT2D eigenvalue weighted by Gasteiger charge is 2.11. The Hall–Kier alpha value is -1.22. The van der Waals surface area contributed by atoms with Gasteiger partial charge in [0.05, 0.1) is 0 Å². The molecule has 1 rings (SSSR count). The zero-order chi connectivity index (χ0) is 11.4. The van der Waals surface area contributed by atoms with Crippen LogP contribution in [0.5, 0.6) is 0 Å². The van der Waals surface area contributed by atoms with Crippen LogP contribution in [0.15, 0.2) is 18.2 Å². The summed E-state index contributed by atoms with van der Waals surface area (Å²) < 4.78 is 13.0. The Morgan fingerprint density at radius 3 is 2.73 bits per heavy atom. The highest BCUT2D eigenvalue weighted by Crippen LogP contribution is 2.13. The van der Waals surface area contributed by atoms with Gasteiger partial charge in [0.2, 0.25) is 0 Å². The number of rotatable bonds is 4. The number of Topliss-reactive ketones (excluding diaryl/α,β-unsaturated/α-hetero) is 1. The lowest BCUT2D eigenvalue weighted by atomic mass is 9.99. The van der Waals surface area contributed by atoms with E-state index in [1.807, 2.05) is 6.92 Å². The van der Waals surface area contributed by atoms with Gasteiger partial charge in [0.1, 0.15) is 5.82 Å². The molecule has 0 aromatic heterocycles. The van der Waals surface area contributed by atoms with Crippen molar-refractivity contribution in [2.45, 2.75) is 20.3 Å². The molecule has 0 aliphatic heterocycles. The summed E-state index contributed by atoms with van der Waals surface area (Å²) >= 11 is 0. The number of aryl methyl sites for hydroxylation is 1. The molecule has 3 heteroatoms. The molecular weight excluding hydrogens is 193 g/mol. The Morgan fingerprint density at radius 2 is 2.20 bits per heavy atom. The van der Waals surface area contributed by atoms with Crippen molar-refractivity contribution in [3.05, 3.63) is 35.1 Å². The third kappa shape index (κ3) is 3.13. The summed E-state index contributed by atoms with van der Waals surface area (Å²) in [4.78, 5) is 11.7. The van der Waals surface area contributed by atoms with Gasteiger partial charge in [-0.2, -0.15) is 0 Å². The van der Waals surface area contributed by atoms with Crippen LogP contribution in [0.3, 0.4) is 0 Å². The molecule has 2 N–H and O–H groups in total. The van der Waals surface area contributed by atoms with Crippen LogP contribution in [0, 0.1) is 18.7 Å². The summed E-state index contributed by atoms with van der Waals surface area (Å²) in [6.45, 7) is 4.07. The molecule has 0 saturated carbocycles. The van der Waals surface area contributed by atoms with E-state index < -0.39 is 0 Å². The minimum Gasteiger partial charge on any atom is -0.330 e. The summed E-state index contributed by atoms with van der Waals surface area (Å²) in [5.41, 5.74) is 6.51. The summed E-state index contributed by atoms with van der Waals surface area (Å²) in [6, 6.07) is 4.44. The topological polar surface area (TPSA) is 43.1 Å². The van der Waals surface area contributed by atoms with Crippen LogP contribution in [0.4, 0.5) is 4.39 Å². The number of hydrogen-bond donors (Lipinski definition) is 1. The quantitative estimate of drug-likeness (QED) is 0.773. The Balaban J connectivity index is 2.78. The molecule has 0 fully saturated rings. The van der Waals surface area contributed by atoms with Crippen molar-refractivity contribution in [3.8, 4) is 0 Å². The molecule has 1 aromatic carbocycles. The van der Waals surface area contributed by atoms with Gasteiger partial charge in [0.15, 0.2) is 5.78 Å². The smallest absolute Gasteiger partial charge is 0.163 e. The van der Waals surface area contributed by atoms with Gasteiger partial charge in [0.25, 0.3) is 0 Å². The average Bonchev–Trinajstić information content (AvgIpc) is 2.21. The Bertz CT molecular complexity index is 363. The molecule has 0 heterocycles. The molecule has 1 atom stereocenters. The standard InChI is InChI=1S/C12H16FNO/c1-8(7-14)5-12(15)10-3-4-11(13)9(2)6-10/h3-4,6,8H,5,7,14H2,1-2H3. The van der Waals surface area contributed by atoms with E-state index in [1.165, 1.54) is 12.1 Å². The lowest BCUT2D eigenvalue weighted by Gasteiger charge is -2.07. The fraction of sp³-hybridized carbons (Fsp3) is 0.417. The molecule has 1 unspecified atom stereocenters. The fourth-order valence-corrected chi connectivity index (χ4v) is 1.34. The van der Waals surface area contributed by atoms with Gasteiger partial charge in [-0.3, -0.25) is 4.79 Å². The monoisotopic (exact) mass is 209 g/mol. The van der Waals surface area contributed by atoms with Gasteiger partial charge in [-0.1, -0.05) is 6.92 Å². The van der Waals surface area contributed by atoms with Gasteiger partial charge in [-0.25, -0.2) is 4.39 Å². The van der Waals surface area contributed by atoms with E-state index >= 15 is 0 Å². The van der Waals surface area contributed by atoms with E-state index in [0.29, 0.717) is 24.1 Å². The molecule has 0 bridgehead atoms. The lowest BCUT2D eigenvalue weighted by molar-refractivity contribution is 0.0965. The maximum absolute atomic E-state index is 13.0. The first-order valence-electron chi connectivity index (χ1n) is 5.04. The second kappa shape index (κ2) is 5.03. The van der Waals surface area contributed by atoms with Crippen molar-refractivity contribution >= 4 is 5.78 Å². The van der Waals surface area contributed by atoms with E-state index in [2.05, 4.69) is 0 Å². The normalized spacial score (nSPS) is 12.5. The first kappa shape index (κ1) is 11.9. The van der Waals surface area contributed by atoms with E-state index in [4.69, 9.17) is 5.73 Å². The van der Waals surface area contributed by atoms with Crippen molar-refractivity contribution in [2.24, 2.45) is 11.7 Å². The van der Waals surface area contributed by atoms with Crippen molar-refractivity contribution < 1.29 is 9.18 Å². The largest absolute Gasteiger partial charge is 0.330 e. The maximum atomic E-state index is 13.0. The molecule has 0 saturated heterocycles. The first-order valence-corrected chi connectivity index (χ1v) is 5.04. The third-order valence-electron chi connectivity index (χ3n) is 2.42. The van der Waals surface area contributed by atoms with Crippen molar-refractivity contribution in [1.82, 2.24) is 0 Å². The zero-order valence-electron chi connectivity index (χ0n) is 9.09. The summed E-state index contributed by atoms with van der Waals surface area (Å²) in [5, 5.41) is 0. The van der Waals surface area contributed by atoms with Crippen LogP contribution in [0.2, 0.25) is 0 Å². The highest BCUT2D eigenvalue weighted by atomic mass is 19.1. The Labute approximate surface area is 89.3 Å². The Kier molecular flexibility index (Phi) is 3.97. The molecule has 0 aliphatic carbocycles. The molecule has 0 radical (unpaired) electrons. The van der Waals surface area contributed by atoms with Gasteiger partial charge in [-0.15, -0.1) is 0 Å². The molecule has 0 spiro atoms. The van der Waals surface area contributed by atoms with Gasteiger partial charge in [-0.05, 0) is 43.1 Å². The molecule has 0 aliphatic rings. The minimum absolute atomic E-state index is 0.0241. The number of nitrogens with two attached hydrogens (primary N) is 1. The van der Waals surface area contributed by atoms with Crippen LogP contribution in [0.1, 0.15) is 29.3 Å². The zero-order valence-corrected chi connectivity index (χ0v) is 9.09. The van der Waals surface area contributed by atoms with Crippen molar-refractivity contribution in [1.29, 1.82) is 0 Å². The van der Waals surface area contributed by atoms with E-state index in [9.17, 15) is 9.18 Å². The van der Waals surface area contributed by atoms with Crippen LogP contribution < -0.4 is 5.73 Å². The second-order valence-corrected chi connectivity index (χ2v) is 3.93. The van der Waals surface area contributed by atoms with Gasteiger partial charge < -0.3 is 5.73 Å². The van der Waals surface area contributed by atoms with E-state index in [0.717, 1.165) is 0 Å². The number of ketones is 1. The van der Waals surface area contributed by atoms with Crippen LogP contribution in [0.25, 0.3) is 0 Å². The lowest BCUT2D eigenvalue weighted by Crippen LogP contribution is -2.15. The van der Waals surface area contributed by atoms with E-state index in [-0.39, 0.29) is 17.5 Å². The average molecular weight is 209 g/mol. The summed E-state index contributed by atoms with van der Waals surface area (Å²) in [5.74, 6) is -0.0858. The highest BCUT2D eigenvalue weighted by molar-refractivity contribution is 5.96. The van der Waals surface area contributed by atoms with Crippen molar-refractivity contribution in [3.63, 3.8) is 0 Å². The van der Waals surface area contributed by atoms with Crippen molar-refractivity contribution in [2.75, 3.05) is 6.54 Å². The maximum Gasteiger partial charge on any atom is 0.163 e. The summed E-state index contributed by atoms with van der Waals surface area (Å²) in [6.07, 6.45) is 0.418. The number of carbonyl (C=O) groups is 1. The minimum atomic E-state index is -0.279. The molecule has 1 aromatic rings. The number of carbonyl (C=O) groups excluding carboxylic acids is 1. The fourth-order valence-electron chi connectivity index (χ4n) is 1.34. The number of halogens is 1. The first-order chi connectivity index (χ1) is 7.04.